The van der Waals surface area contributed by atoms with Crippen LogP contribution in [-0.2, 0) is 6.54 Å². The number of para-hydroxylation sites is 1. The molecular weight excluding hydrogens is 220 g/mol. The second kappa shape index (κ2) is 4.29. The first kappa shape index (κ1) is 11.2. The number of aromatic hydroxyl groups is 1. The summed E-state index contributed by atoms with van der Waals surface area (Å²) in [5, 5.41) is 9.49. The second-order valence-corrected chi connectivity index (χ2v) is 3.54. The van der Waals surface area contributed by atoms with E-state index in [4.69, 9.17) is 0 Å². The highest BCUT2D eigenvalue weighted by atomic mass is 16.3. The van der Waals surface area contributed by atoms with Crippen molar-refractivity contribution in [3.8, 4) is 11.6 Å². The molecule has 0 fully saturated rings. The lowest BCUT2D eigenvalue weighted by atomic mass is 10.3. The van der Waals surface area contributed by atoms with E-state index in [1.54, 1.807) is 37.3 Å². The Morgan fingerprint density at radius 3 is 2.41 bits per heavy atom. The van der Waals surface area contributed by atoms with E-state index in [9.17, 15) is 14.7 Å². The van der Waals surface area contributed by atoms with Gasteiger partial charge in [-0.2, -0.15) is 0 Å². The van der Waals surface area contributed by atoms with Crippen molar-refractivity contribution in [3.05, 3.63) is 57.2 Å². The molecule has 17 heavy (non-hydrogen) atoms. The Morgan fingerprint density at radius 2 is 1.82 bits per heavy atom. The van der Waals surface area contributed by atoms with Crippen LogP contribution in [0.2, 0.25) is 0 Å². The van der Waals surface area contributed by atoms with Crippen LogP contribution in [0, 0.1) is 0 Å². The number of aromatic nitrogens is 2. The van der Waals surface area contributed by atoms with Crippen LogP contribution in [0.3, 0.4) is 0 Å². The summed E-state index contributed by atoms with van der Waals surface area (Å²) in [6.07, 6.45) is 0. The lowest BCUT2D eigenvalue weighted by Crippen LogP contribution is -2.37. The lowest BCUT2D eigenvalue weighted by Gasteiger charge is -2.09. The molecule has 0 bridgehead atoms. The summed E-state index contributed by atoms with van der Waals surface area (Å²) in [4.78, 5) is 23.7. The number of benzene rings is 1. The maximum atomic E-state index is 12.0. The Hall–Kier alpha value is -2.30. The molecule has 0 saturated carbocycles. The van der Waals surface area contributed by atoms with Gasteiger partial charge in [-0.3, -0.25) is 9.36 Å². The number of rotatable bonds is 2. The zero-order chi connectivity index (χ0) is 12.4. The van der Waals surface area contributed by atoms with Crippen LogP contribution < -0.4 is 11.2 Å². The maximum absolute atomic E-state index is 12.0. The first-order chi connectivity index (χ1) is 8.15. The van der Waals surface area contributed by atoms with Gasteiger partial charge in [0.15, 0.2) is 0 Å². The van der Waals surface area contributed by atoms with Crippen molar-refractivity contribution in [2.45, 2.75) is 13.5 Å². The van der Waals surface area contributed by atoms with Crippen molar-refractivity contribution in [1.82, 2.24) is 9.13 Å². The zero-order valence-electron chi connectivity index (χ0n) is 9.33. The van der Waals surface area contributed by atoms with Crippen LogP contribution in [0.5, 0.6) is 5.88 Å². The molecule has 0 aliphatic heterocycles. The van der Waals surface area contributed by atoms with Gasteiger partial charge < -0.3 is 5.11 Å². The highest BCUT2D eigenvalue weighted by molar-refractivity contribution is 5.31. The molecule has 0 saturated heterocycles. The van der Waals surface area contributed by atoms with Crippen molar-refractivity contribution < 1.29 is 5.11 Å². The van der Waals surface area contributed by atoms with E-state index >= 15 is 0 Å². The van der Waals surface area contributed by atoms with E-state index in [1.807, 2.05) is 0 Å². The molecule has 1 N–H and O–H groups in total. The largest absolute Gasteiger partial charge is 0.494 e. The van der Waals surface area contributed by atoms with Crippen molar-refractivity contribution in [2.75, 3.05) is 0 Å². The average Bonchev–Trinajstić information content (AvgIpc) is 2.30. The summed E-state index contributed by atoms with van der Waals surface area (Å²) in [6, 6.07) is 9.65. The van der Waals surface area contributed by atoms with Gasteiger partial charge in [0.25, 0.3) is 5.56 Å². The molecule has 1 aromatic carbocycles. The van der Waals surface area contributed by atoms with Gasteiger partial charge in [0.1, 0.15) is 0 Å². The van der Waals surface area contributed by atoms with Gasteiger partial charge in [-0.25, -0.2) is 9.36 Å². The van der Waals surface area contributed by atoms with Crippen molar-refractivity contribution in [3.63, 3.8) is 0 Å². The predicted octanol–water partition coefficient (Wildman–Crippen LogP) is 0.725. The van der Waals surface area contributed by atoms with Gasteiger partial charge in [-0.05, 0) is 19.1 Å². The van der Waals surface area contributed by atoms with E-state index in [0.29, 0.717) is 12.2 Å². The molecule has 88 valence electrons. The lowest BCUT2D eigenvalue weighted by molar-refractivity contribution is 0.402. The van der Waals surface area contributed by atoms with Gasteiger partial charge in [0.05, 0.1) is 11.8 Å². The summed E-state index contributed by atoms with van der Waals surface area (Å²) < 4.78 is 2.16. The Morgan fingerprint density at radius 1 is 1.18 bits per heavy atom. The summed E-state index contributed by atoms with van der Waals surface area (Å²) in [6.45, 7) is 2.03. The minimum absolute atomic E-state index is 0.303. The molecule has 0 unspecified atom stereocenters. The third-order valence-corrected chi connectivity index (χ3v) is 2.50. The SMILES string of the molecule is CCn1c(O)cc(=O)n(-c2ccccc2)c1=O. The fraction of sp³-hybridized carbons (Fsp3) is 0.167. The average molecular weight is 232 g/mol. The monoisotopic (exact) mass is 232 g/mol. The van der Waals surface area contributed by atoms with E-state index in [2.05, 4.69) is 0 Å². The molecule has 0 amide bonds. The first-order valence-electron chi connectivity index (χ1n) is 5.26. The van der Waals surface area contributed by atoms with Gasteiger partial charge in [0.2, 0.25) is 5.88 Å². The first-order valence-corrected chi connectivity index (χ1v) is 5.26. The zero-order valence-corrected chi connectivity index (χ0v) is 9.33. The summed E-state index contributed by atoms with van der Waals surface area (Å²) in [5.74, 6) is -0.310. The summed E-state index contributed by atoms with van der Waals surface area (Å²) in [5.41, 5.74) is -0.586. The van der Waals surface area contributed by atoms with Crippen LogP contribution in [0.15, 0.2) is 46.0 Å². The highest BCUT2D eigenvalue weighted by Crippen LogP contribution is 2.04. The van der Waals surface area contributed by atoms with Crippen LogP contribution in [0.25, 0.3) is 5.69 Å². The molecule has 2 aromatic rings. The van der Waals surface area contributed by atoms with Crippen LogP contribution in [0.4, 0.5) is 0 Å². The van der Waals surface area contributed by atoms with Crippen LogP contribution in [0.1, 0.15) is 6.92 Å². The number of hydrogen-bond acceptors (Lipinski definition) is 3. The molecule has 0 radical (unpaired) electrons. The minimum Gasteiger partial charge on any atom is -0.494 e. The molecule has 1 heterocycles. The van der Waals surface area contributed by atoms with E-state index < -0.39 is 11.2 Å². The third kappa shape index (κ3) is 1.87. The van der Waals surface area contributed by atoms with Crippen molar-refractivity contribution in [2.24, 2.45) is 0 Å². The molecule has 5 nitrogen and oxygen atoms in total. The van der Waals surface area contributed by atoms with Crippen LogP contribution >= 0.6 is 0 Å². The number of nitrogens with zero attached hydrogens (tertiary/aromatic N) is 2. The van der Waals surface area contributed by atoms with E-state index in [-0.39, 0.29) is 5.88 Å². The Kier molecular flexibility index (Phi) is 2.82. The standard InChI is InChI=1S/C12H12N2O3/c1-2-13-10(15)8-11(16)14(12(13)17)9-6-4-3-5-7-9/h3-8,15H,2H2,1H3. The molecular formula is C12H12N2O3. The predicted molar refractivity (Wildman–Crippen MR) is 63.6 cm³/mol. The highest BCUT2D eigenvalue weighted by Gasteiger charge is 2.10. The summed E-state index contributed by atoms with van der Waals surface area (Å²) in [7, 11) is 0. The van der Waals surface area contributed by atoms with Gasteiger partial charge >= 0.3 is 5.69 Å². The summed E-state index contributed by atoms with van der Waals surface area (Å²) >= 11 is 0. The third-order valence-electron chi connectivity index (χ3n) is 2.50. The van der Waals surface area contributed by atoms with Crippen LogP contribution in [-0.4, -0.2) is 14.2 Å². The quantitative estimate of drug-likeness (QED) is 0.830. The molecule has 0 atom stereocenters. The molecule has 5 heteroatoms. The Balaban J connectivity index is 2.80. The smallest absolute Gasteiger partial charge is 0.338 e. The molecule has 0 aliphatic rings. The molecule has 0 spiro atoms. The van der Waals surface area contributed by atoms with Crippen molar-refractivity contribution in [1.29, 1.82) is 0 Å². The molecule has 2 rings (SSSR count). The normalized spacial score (nSPS) is 10.4. The Bertz CT molecular complexity index is 641. The number of hydrogen-bond donors (Lipinski definition) is 1. The maximum Gasteiger partial charge on any atom is 0.338 e. The van der Waals surface area contributed by atoms with Gasteiger partial charge in [-0.15, -0.1) is 0 Å². The van der Waals surface area contributed by atoms with E-state index in [0.717, 1.165) is 15.2 Å². The fourth-order valence-corrected chi connectivity index (χ4v) is 1.68. The van der Waals surface area contributed by atoms with Gasteiger partial charge in [0, 0.05) is 6.54 Å². The van der Waals surface area contributed by atoms with Gasteiger partial charge in [-0.1, -0.05) is 18.2 Å². The minimum atomic E-state index is -0.539. The molecule has 0 aliphatic carbocycles. The van der Waals surface area contributed by atoms with E-state index in [1.165, 1.54) is 0 Å². The van der Waals surface area contributed by atoms with Crippen molar-refractivity contribution >= 4 is 0 Å². The Labute approximate surface area is 97.2 Å². The molecule has 1 aromatic heterocycles. The fourth-order valence-electron chi connectivity index (χ4n) is 1.68. The topological polar surface area (TPSA) is 64.2 Å². The second-order valence-electron chi connectivity index (χ2n) is 3.54.